The van der Waals surface area contributed by atoms with E-state index in [1.54, 1.807) is 0 Å². The highest BCUT2D eigenvalue weighted by Gasteiger charge is 2.18. The Morgan fingerprint density at radius 3 is 2.79 bits per heavy atom. The van der Waals surface area contributed by atoms with E-state index < -0.39 is 0 Å². The van der Waals surface area contributed by atoms with E-state index in [0.29, 0.717) is 11.6 Å². The Kier molecular flexibility index (Phi) is 5.25. The summed E-state index contributed by atoms with van der Waals surface area (Å²) >= 11 is 9.59. The molecule has 0 aliphatic carbocycles. The van der Waals surface area contributed by atoms with E-state index in [-0.39, 0.29) is 11.9 Å². The van der Waals surface area contributed by atoms with Crippen LogP contribution in [0.4, 0.5) is 0 Å². The van der Waals surface area contributed by atoms with Gasteiger partial charge in [0.2, 0.25) is 5.91 Å². The highest BCUT2D eigenvalue weighted by molar-refractivity contribution is 9.10. The molecule has 0 spiro atoms. The molecule has 2 rings (SSSR count). The molecule has 0 saturated carbocycles. The molecule has 104 valence electrons. The van der Waals surface area contributed by atoms with Crippen LogP contribution in [0.1, 0.15) is 31.4 Å². The second kappa shape index (κ2) is 6.73. The quantitative estimate of drug-likeness (QED) is 0.907. The zero-order valence-electron chi connectivity index (χ0n) is 11.0. The Balaban J connectivity index is 1.89. The minimum Gasteiger partial charge on any atom is -0.342 e. The number of likely N-dealkylation sites (tertiary alicyclic amines) is 1. The van der Waals surface area contributed by atoms with Gasteiger partial charge >= 0.3 is 0 Å². The lowest BCUT2D eigenvalue weighted by Crippen LogP contribution is -2.37. The van der Waals surface area contributed by atoms with Crippen LogP contribution >= 0.6 is 27.5 Å². The Morgan fingerprint density at radius 2 is 2.16 bits per heavy atom. The number of hydrogen-bond donors (Lipinski definition) is 1. The van der Waals surface area contributed by atoms with Gasteiger partial charge in [-0.15, -0.1) is 0 Å². The van der Waals surface area contributed by atoms with Gasteiger partial charge in [0.15, 0.2) is 0 Å². The van der Waals surface area contributed by atoms with Gasteiger partial charge in [-0.1, -0.05) is 33.6 Å². The number of amides is 1. The van der Waals surface area contributed by atoms with Crippen molar-refractivity contribution in [1.29, 1.82) is 0 Å². The molecule has 1 atom stereocenters. The molecule has 5 heteroatoms. The standard InChI is InChI=1S/C14H18BrClN2O/c1-10(12-5-4-11(15)8-13(12)16)17-9-14(19)18-6-2-3-7-18/h4-5,8,10,17H,2-3,6-7,9H2,1H3. The maximum Gasteiger partial charge on any atom is 0.236 e. The summed E-state index contributed by atoms with van der Waals surface area (Å²) in [4.78, 5) is 13.9. The summed E-state index contributed by atoms with van der Waals surface area (Å²) in [5, 5.41) is 3.96. The van der Waals surface area contributed by atoms with Gasteiger partial charge in [0.1, 0.15) is 0 Å². The van der Waals surface area contributed by atoms with Gasteiger partial charge in [0.25, 0.3) is 0 Å². The van der Waals surface area contributed by atoms with Crippen LogP contribution in [0.25, 0.3) is 0 Å². The predicted octanol–water partition coefficient (Wildman–Crippen LogP) is 3.38. The highest BCUT2D eigenvalue weighted by Crippen LogP contribution is 2.26. The summed E-state index contributed by atoms with van der Waals surface area (Å²) in [6, 6.07) is 5.87. The molecule has 3 nitrogen and oxygen atoms in total. The fraction of sp³-hybridized carbons (Fsp3) is 0.500. The van der Waals surface area contributed by atoms with Crippen molar-refractivity contribution < 1.29 is 4.79 Å². The Hall–Kier alpha value is -0.580. The van der Waals surface area contributed by atoms with Crippen molar-refractivity contribution in [3.05, 3.63) is 33.3 Å². The molecular weight excluding hydrogens is 328 g/mol. The minimum atomic E-state index is 0.0622. The van der Waals surface area contributed by atoms with Crippen LogP contribution < -0.4 is 5.32 Å². The van der Waals surface area contributed by atoms with E-state index >= 15 is 0 Å². The summed E-state index contributed by atoms with van der Waals surface area (Å²) < 4.78 is 0.960. The topological polar surface area (TPSA) is 32.3 Å². The third-order valence-electron chi connectivity index (χ3n) is 3.45. The number of hydrogen-bond acceptors (Lipinski definition) is 2. The Morgan fingerprint density at radius 1 is 1.47 bits per heavy atom. The molecule has 1 unspecified atom stereocenters. The fourth-order valence-electron chi connectivity index (χ4n) is 2.28. The third kappa shape index (κ3) is 3.94. The monoisotopic (exact) mass is 344 g/mol. The summed E-state index contributed by atoms with van der Waals surface area (Å²) in [5.74, 6) is 0.178. The first-order chi connectivity index (χ1) is 9.08. The third-order valence-corrected chi connectivity index (χ3v) is 4.27. The van der Waals surface area contributed by atoms with Crippen LogP contribution in [0, 0.1) is 0 Å². The van der Waals surface area contributed by atoms with Crippen molar-refractivity contribution in [2.75, 3.05) is 19.6 Å². The number of halogens is 2. The zero-order valence-corrected chi connectivity index (χ0v) is 13.3. The first-order valence-corrected chi connectivity index (χ1v) is 7.71. The molecule has 1 aliphatic heterocycles. The normalized spacial score (nSPS) is 16.7. The van der Waals surface area contributed by atoms with Crippen molar-refractivity contribution in [3.8, 4) is 0 Å². The zero-order chi connectivity index (χ0) is 13.8. The summed E-state index contributed by atoms with van der Waals surface area (Å²) in [5.41, 5.74) is 1.01. The molecule has 1 aliphatic rings. The van der Waals surface area contributed by atoms with E-state index in [0.717, 1.165) is 36.0 Å². The highest BCUT2D eigenvalue weighted by atomic mass is 79.9. The average Bonchev–Trinajstić information content (AvgIpc) is 2.89. The molecular formula is C14H18BrClN2O. The lowest BCUT2D eigenvalue weighted by Gasteiger charge is -2.19. The summed E-state index contributed by atoms with van der Waals surface area (Å²) in [6.45, 7) is 4.18. The van der Waals surface area contributed by atoms with E-state index in [9.17, 15) is 4.79 Å². The molecule has 1 aromatic rings. The molecule has 19 heavy (non-hydrogen) atoms. The molecule has 1 saturated heterocycles. The molecule has 1 fully saturated rings. The molecule has 1 amide bonds. The van der Waals surface area contributed by atoms with Gasteiger partial charge in [-0.2, -0.15) is 0 Å². The average molecular weight is 346 g/mol. The first kappa shape index (κ1) is 14.8. The van der Waals surface area contributed by atoms with Gasteiger partial charge < -0.3 is 10.2 Å². The molecule has 1 N–H and O–H groups in total. The van der Waals surface area contributed by atoms with Crippen LogP contribution in [-0.4, -0.2) is 30.4 Å². The number of benzene rings is 1. The summed E-state index contributed by atoms with van der Waals surface area (Å²) in [6.07, 6.45) is 2.25. The lowest BCUT2D eigenvalue weighted by atomic mass is 10.1. The van der Waals surface area contributed by atoms with Crippen LogP contribution in [0.2, 0.25) is 5.02 Å². The number of carbonyl (C=O) groups excluding carboxylic acids is 1. The predicted molar refractivity (Wildman–Crippen MR) is 81.4 cm³/mol. The van der Waals surface area contributed by atoms with Crippen molar-refractivity contribution in [2.45, 2.75) is 25.8 Å². The number of rotatable bonds is 4. The molecule has 0 aromatic heterocycles. The minimum absolute atomic E-state index is 0.0622. The number of nitrogens with one attached hydrogen (secondary N) is 1. The van der Waals surface area contributed by atoms with E-state index in [4.69, 9.17) is 11.6 Å². The lowest BCUT2D eigenvalue weighted by molar-refractivity contribution is -0.129. The van der Waals surface area contributed by atoms with Crippen molar-refractivity contribution in [2.24, 2.45) is 0 Å². The van der Waals surface area contributed by atoms with Crippen LogP contribution in [0.3, 0.4) is 0 Å². The second-order valence-corrected chi connectivity index (χ2v) is 6.18. The van der Waals surface area contributed by atoms with Gasteiger partial charge in [-0.25, -0.2) is 0 Å². The maximum atomic E-state index is 11.9. The molecule has 0 bridgehead atoms. The second-order valence-electron chi connectivity index (χ2n) is 4.86. The molecule has 1 heterocycles. The molecule has 0 radical (unpaired) electrons. The Bertz CT molecular complexity index is 461. The van der Waals surface area contributed by atoms with E-state index in [1.807, 2.05) is 30.0 Å². The fourth-order valence-corrected chi connectivity index (χ4v) is 3.12. The van der Waals surface area contributed by atoms with Crippen molar-refractivity contribution in [1.82, 2.24) is 10.2 Å². The first-order valence-electron chi connectivity index (χ1n) is 6.54. The van der Waals surface area contributed by atoms with Crippen molar-refractivity contribution >= 4 is 33.4 Å². The SMILES string of the molecule is CC(NCC(=O)N1CCCC1)c1ccc(Br)cc1Cl. The maximum absolute atomic E-state index is 11.9. The molecule has 1 aromatic carbocycles. The van der Waals surface area contributed by atoms with Gasteiger partial charge in [-0.05, 0) is 37.5 Å². The largest absolute Gasteiger partial charge is 0.342 e. The summed E-state index contributed by atoms with van der Waals surface area (Å²) in [7, 11) is 0. The van der Waals surface area contributed by atoms with Crippen molar-refractivity contribution in [3.63, 3.8) is 0 Å². The van der Waals surface area contributed by atoms with E-state index in [1.165, 1.54) is 0 Å². The van der Waals surface area contributed by atoms with E-state index in [2.05, 4.69) is 21.2 Å². The number of carbonyl (C=O) groups is 1. The van der Waals surface area contributed by atoms with Crippen LogP contribution in [0.5, 0.6) is 0 Å². The van der Waals surface area contributed by atoms with Crippen LogP contribution in [-0.2, 0) is 4.79 Å². The Labute approximate surface area is 127 Å². The smallest absolute Gasteiger partial charge is 0.236 e. The van der Waals surface area contributed by atoms with Gasteiger partial charge in [-0.3, -0.25) is 4.79 Å². The van der Waals surface area contributed by atoms with Gasteiger partial charge in [0.05, 0.1) is 6.54 Å². The number of nitrogens with zero attached hydrogens (tertiary/aromatic N) is 1. The van der Waals surface area contributed by atoms with Crippen LogP contribution in [0.15, 0.2) is 22.7 Å². The van der Waals surface area contributed by atoms with Gasteiger partial charge in [0, 0.05) is 28.6 Å².